The van der Waals surface area contributed by atoms with Crippen LogP contribution in [0.15, 0.2) is 0 Å². The van der Waals surface area contributed by atoms with E-state index in [0.29, 0.717) is 6.04 Å². The van der Waals surface area contributed by atoms with Gasteiger partial charge in [-0.1, -0.05) is 19.3 Å². The van der Waals surface area contributed by atoms with Gasteiger partial charge in [0, 0.05) is 18.6 Å². The van der Waals surface area contributed by atoms with Crippen molar-refractivity contribution in [2.24, 2.45) is 5.92 Å². The fraction of sp³-hybridized carbons (Fsp3) is 0.929. The number of hydrogen-bond donors (Lipinski definition) is 1. The number of nitrogens with one attached hydrogen (secondary N) is 1. The van der Waals surface area contributed by atoms with E-state index in [9.17, 15) is 0 Å². The lowest BCUT2D eigenvalue weighted by Crippen LogP contribution is -2.46. The third-order valence-electron chi connectivity index (χ3n) is 4.66. The lowest BCUT2D eigenvalue weighted by molar-refractivity contribution is 0.218. The van der Waals surface area contributed by atoms with E-state index in [1.807, 2.05) is 0 Å². The number of rotatable bonds is 2. The van der Waals surface area contributed by atoms with Gasteiger partial charge >= 0.3 is 0 Å². The van der Waals surface area contributed by atoms with Gasteiger partial charge in [0.25, 0.3) is 0 Å². The number of nitrogens with zero attached hydrogens (tertiary/aromatic N) is 1. The minimum atomic E-state index is 0.704. The highest BCUT2D eigenvalue weighted by atomic mass is 32.1. The molecule has 1 saturated heterocycles. The molecule has 0 amide bonds. The summed E-state index contributed by atoms with van der Waals surface area (Å²) < 4.78 is 0. The molecule has 3 fully saturated rings. The first-order chi connectivity index (χ1) is 8.34. The van der Waals surface area contributed by atoms with Gasteiger partial charge in [0.05, 0.1) is 0 Å². The zero-order valence-electron chi connectivity index (χ0n) is 10.7. The summed E-state index contributed by atoms with van der Waals surface area (Å²) in [5.74, 6) is 0.921. The molecule has 3 heteroatoms. The van der Waals surface area contributed by atoms with Gasteiger partial charge < -0.3 is 10.2 Å². The van der Waals surface area contributed by atoms with Gasteiger partial charge in [0.15, 0.2) is 5.11 Å². The van der Waals surface area contributed by atoms with Crippen LogP contribution in [0.2, 0.25) is 0 Å². The SMILES string of the molecule is S=C(NC1CC1)N1CCC[C@H]1C1CCCCC1. The molecule has 17 heavy (non-hydrogen) atoms. The number of thiocarbonyl (C=S) groups is 1. The van der Waals surface area contributed by atoms with Crippen molar-refractivity contribution in [2.45, 2.75) is 69.9 Å². The molecular weight excluding hydrogens is 228 g/mol. The van der Waals surface area contributed by atoms with E-state index >= 15 is 0 Å². The first-order valence-electron chi connectivity index (χ1n) is 7.42. The van der Waals surface area contributed by atoms with Gasteiger partial charge in [-0.3, -0.25) is 0 Å². The van der Waals surface area contributed by atoms with Gasteiger partial charge in [-0.05, 0) is 56.7 Å². The van der Waals surface area contributed by atoms with Crippen LogP contribution in [-0.2, 0) is 0 Å². The van der Waals surface area contributed by atoms with Crippen molar-refractivity contribution >= 4 is 17.3 Å². The van der Waals surface area contributed by atoms with Crippen LogP contribution < -0.4 is 5.32 Å². The number of hydrogen-bond acceptors (Lipinski definition) is 1. The maximum absolute atomic E-state index is 5.59. The fourth-order valence-electron chi connectivity index (χ4n) is 3.54. The van der Waals surface area contributed by atoms with Crippen LogP contribution in [0, 0.1) is 5.92 Å². The molecule has 0 radical (unpaired) electrons. The third-order valence-corrected chi connectivity index (χ3v) is 5.01. The molecule has 2 nitrogen and oxygen atoms in total. The molecule has 2 aliphatic carbocycles. The van der Waals surface area contributed by atoms with Crippen LogP contribution in [0.3, 0.4) is 0 Å². The lowest BCUT2D eigenvalue weighted by atomic mass is 9.83. The summed E-state index contributed by atoms with van der Waals surface area (Å²) >= 11 is 5.59. The van der Waals surface area contributed by atoms with Crippen LogP contribution >= 0.6 is 12.2 Å². The summed E-state index contributed by atoms with van der Waals surface area (Å²) in [7, 11) is 0. The maximum atomic E-state index is 5.59. The lowest BCUT2D eigenvalue weighted by Gasteiger charge is -2.35. The predicted molar refractivity (Wildman–Crippen MR) is 75.1 cm³/mol. The Hall–Kier alpha value is -0.310. The Morgan fingerprint density at radius 1 is 0.941 bits per heavy atom. The van der Waals surface area contributed by atoms with Crippen LogP contribution in [0.25, 0.3) is 0 Å². The highest BCUT2D eigenvalue weighted by Crippen LogP contribution is 2.34. The Bertz CT molecular complexity index is 282. The Morgan fingerprint density at radius 2 is 1.71 bits per heavy atom. The first kappa shape index (κ1) is 11.8. The second kappa shape index (κ2) is 5.13. The molecule has 1 N–H and O–H groups in total. The molecule has 0 aromatic carbocycles. The van der Waals surface area contributed by atoms with E-state index in [1.54, 1.807) is 0 Å². The van der Waals surface area contributed by atoms with Crippen LogP contribution in [0.5, 0.6) is 0 Å². The molecule has 0 aromatic heterocycles. The van der Waals surface area contributed by atoms with E-state index in [0.717, 1.165) is 17.1 Å². The Morgan fingerprint density at radius 3 is 2.41 bits per heavy atom. The van der Waals surface area contributed by atoms with Crippen molar-refractivity contribution in [1.82, 2.24) is 10.2 Å². The molecule has 0 bridgehead atoms. The van der Waals surface area contributed by atoms with Gasteiger partial charge in [-0.15, -0.1) is 0 Å². The van der Waals surface area contributed by atoms with Crippen molar-refractivity contribution in [3.05, 3.63) is 0 Å². The molecule has 0 aromatic rings. The predicted octanol–water partition coefficient (Wildman–Crippen LogP) is 3.07. The van der Waals surface area contributed by atoms with E-state index in [4.69, 9.17) is 12.2 Å². The second-order valence-corrected chi connectivity index (χ2v) is 6.41. The molecule has 96 valence electrons. The summed E-state index contributed by atoms with van der Waals surface area (Å²) in [6.45, 7) is 1.19. The molecule has 3 aliphatic rings. The zero-order chi connectivity index (χ0) is 11.7. The summed E-state index contributed by atoms with van der Waals surface area (Å²) in [6, 6.07) is 1.46. The van der Waals surface area contributed by atoms with Crippen molar-refractivity contribution in [3.63, 3.8) is 0 Å². The summed E-state index contributed by atoms with van der Waals surface area (Å²) in [6.07, 6.45) is 12.6. The Labute approximate surface area is 110 Å². The van der Waals surface area contributed by atoms with E-state index in [1.165, 1.54) is 64.3 Å². The van der Waals surface area contributed by atoms with E-state index in [2.05, 4.69) is 10.2 Å². The molecule has 0 spiro atoms. The standard InChI is InChI=1S/C14H24N2S/c17-14(15-12-8-9-12)16-10-4-7-13(16)11-5-2-1-3-6-11/h11-13H,1-10H2,(H,15,17)/t13-/m0/s1. The van der Waals surface area contributed by atoms with Crippen molar-refractivity contribution in [1.29, 1.82) is 0 Å². The quantitative estimate of drug-likeness (QED) is 0.760. The average molecular weight is 252 g/mol. The highest BCUT2D eigenvalue weighted by Gasteiger charge is 2.35. The normalized spacial score (nSPS) is 30.6. The van der Waals surface area contributed by atoms with Crippen molar-refractivity contribution in [3.8, 4) is 0 Å². The second-order valence-electron chi connectivity index (χ2n) is 6.02. The van der Waals surface area contributed by atoms with Gasteiger partial charge in [-0.25, -0.2) is 0 Å². The molecule has 1 heterocycles. The van der Waals surface area contributed by atoms with Gasteiger partial charge in [0.2, 0.25) is 0 Å². The summed E-state index contributed by atoms with van der Waals surface area (Å²) in [5.41, 5.74) is 0. The monoisotopic (exact) mass is 252 g/mol. The van der Waals surface area contributed by atoms with Crippen LogP contribution in [0.4, 0.5) is 0 Å². The largest absolute Gasteiger partial charge is 0.360 e. The van der Waals surface area contributed by atoms with Gasteiger partial charge in [-0.2, -0.15) is 0 Å². The Balaban J connectivity index is 1.59. The summed E-state index contributed by atoms with van der Waals surface area (Å²) in [5, 5.41) is 4.58. The Kier molecular flexibility index (Phi) is 3.55. The average Bonchev–Trinajstić information content (AvgIpc) is 3.04. The van der Waals surface area contributed by atoms with Crippen LogP contribution in [0.1, 0.15) is 57.8 Å². The molecule has 2 saturated carbocycles. The third kappa shape index (κ3) is 2.75. The highest BCUT2D eigenvalue weighted by molar-refractivity contribution is 7.80. The van der Waals surface area contributed by atoms with Gasteiger partial charge in [0.1, 0.15) is 0 Å². The molecular formula is C14H24N2S. The minimum Gasteiger partial charge on any atom is -0.360 e. The molecule has 1 aliphatic heterocycles. The molecule has 1 atom stereocenters. The first-order valence-corrected chi connectivity index (χ1v) is 7.82. The topological polar surface area (TPSA) is 15.3 Å². The summed E-state index contributed by atoms with van der Waals surface area (Å²) in [4.78, 5) is 2.52. The maximum Gasteiger partial charge on any atom is 0.169 e. The van der Waals surface area contributed by atoms with E-state index in [-0.39, 0.29) is 0 Å². The van der Waals surface area contributed by atoms with Crippen molar-refractivity contribution in [2.75, 3.05) is 6.54 Å². The van der Waals surface area contributed by atoms with E-state index < -0.39 is 0 Å². The van der Waals surface area contributed by atoms with Crippen LogP contribution in [-0.4, -0.2) is 28.6 Å². The number of likely N-dealkylation sites (tertiary alicyclic amines) is 1. The smallest absolute Gasteiger partial charge is 0.169 e. The fourth-order valence-corrected chi connectivity index (χ4v) is 3.93. The van der Waals surface area contributed by atoms with Crippen molar-refractivity contribution < 1.29 is 0 Å². The minimum absolute atomic E-state index is 0.704. The molecule has 3 rings (SSSR count). The molecule has 0 unspecified atom stereocenters. The zero-order valence-corrected chi connectivity index (χ0v) is 11.5.